The summed E-state index contributed by atoms with van der Waals surface area (Å²) < 4.78 is 5.48. The van der Waals surface area contributed by atoms with Crippen molar-refractivity contribution in [2.45, 2.75) is 66.3 Å². The maximum Gasteiger partial charge on any atom is 0.194 e. The van der Waals surface area contributed by atoms with Crippen LogP contribution in [0.2, 0.25) is 0 Å². The van der Waals surface area contributed by atoms with Crippen molar-refractivity contribution in [1.82, 2.24) is 15.4 Å². The molecule has 23 heavy (non-hydrogen) atoms. The van der Waals surface area contributed by atoms with E-state index in [-0.39, 0.29) is 0 Å². The van der Waals surface area contributed by atoms with E-state index in [1.54, 1.807) is 0 Å². The van der Waals surface area contributed by atoms with Gasteiger partial charge in [0.15, 0.2) is 11.7 Å². The van der Waals surface area contributed by atoms with Gasteiger partial charge in [-0.05, 0) is 31.6 Å². The standard InChI is InChI=1S/C18H32N4O/c1-6-14(7-2)16-11-15(23-21-16)12-20-17(19-8-3)22-10-9-18(4,5)13-22/h11,14H,6-10,12-13H2,1-5H3,(H,19,20). The van der Waals surface area contributed by atoms with Gasteiger partial charge >= 0.3 is 0 Å². The molecule has 2 rings (SSSR count). The molecule has 1 aromatic heterocycles. The summed E-state index contributed by atoms with van der Waals surface area (Å²) in [5.41, 5.74) is 1.43. The molecule has 1 saturated heterocycles. The monoisotopic (exact) mass is 320 g/mol. The van der Waals surface area contributed by atoms with E-state index in [1.807, 2.05) is 0 Å². The number of guanidine groups is 1. The number of aliphatic imine (C=N–C) groups is 1. The first-order valence-electron chi connectivity index (χ1n) is 8.97. The summed E-state index contributed by atoms with van der Waals surface area (Å²) in [5.74, 6) is 2.32. The van der Waals surface area contributed by atoms with Crippen molar-refractivity contribution in [3.8, 4) is 0 Å². The van der Waals surface area contributed by atoms with Crippen molar-refractivity contribution in [3.05, 3.63) is 17.5 Å². The summed E-state index contributed by atoms with van der Waals surface area (Å²) in [6.45, 7) is 14.7. The minimum atomic E-state index is 0.366. The number of likely N-dealkylation sites (tertiary alicyclic amines) is 1. The topological polar surface area (TPSA) is 53.7 Å². The average Bonchev–Trinajstić information content (AvgIpc) is 3.11. The van der Waals surface area contributed by atoms with Gasteiger partial charge in [-0.15, -0.1) is 0 Å². The lowest BCUT2D eigenvalue weighted by molar-refractivity contribution is 0.364. The molecule has 0 atom stereocenters. The Kier molecular flexibility index (Phi) is 6.08. The number of hydrogen-bond donors (Lipinski definition) is 1. The van der Waals surface area contributed by atoms with Crippen molar-refractivity contribution in [2.24, 2.45) is 10.4 Å². The van der Waals surface area contributed by atoms with E-state index in [2.05, 4.69) is 56.1 Å². The molecule has 2 heterocycles. The van der Waals surface area contributed by atoms with Crippen LogP contribution in [0, 0.1) is 5.41 Å². The fraction of sp³-hybridized carbons (Fsp3) is 0.778. The highest BCUT2D eigenvalue weighted by Gasteiger charge is 2.30. The minimum absolute atomic E-state index is 0.366. The van der Waals surface area contributed by atoms with Crippen molar-refractivity contribution >= 4 is 5.96 Å². The molecule has 5 nitrogen and oxygen atoms in total. The Labute approximate surface area is 140 Å². The van der Waals surface area contributed by atoms with E-state index in [4.69, 9.17) is 9.52 Å². The summed E-state index contributed by atoms with van der Waals surface area (Å²) in [5, 5.41) is 7.62. The first-order chi connectivity index (χ1) is 11.0. The van der Waals surface area contributed by atoms with Gasteiger partial charge in [0.2, 0.25) is 0 Å². The number of hydrogen-bond acceptors (Lipinski definition) is 3. The predicted octanol–water partition coefficient (Wildman–Crippen LogP) is 3.78. The Bertz CT molecular complexity index is 517. The zero-order valence-corrected chi connectivity index (χ0v) is 15.4. The third kappa shape index (κ3) is 4.72. The van der Waals surface area contributed by atoms with Crippen LogP contribution < -0.4 is 5.32 Å². The molecule has 0 spiro atoms. The predicted molar refractivity (Wildman–Crippen MR) is 94.6 cm³/mol. The van der Waals surface area contributed by atoms with Crippen molar-refractivity contribution < 1.29 is 4.52 Å². The molecular formula is C18H32N4O. The summed E-state index contributed by atoms with van der Waals surface area (Å²) in [6, 6.07) is 2.07. The molecule has 130 valence electrons. The second-order valence-electron chi connectivity index (χ2n) is 7.24. The first-order valence-corrected chi connectivity index (χ1v) is 8.97. The van der Waals surface area contributed by atoms with Crippen LogP contribution in [0.1, 0.15) is 71.3 Å². The number of nitrogens with one attached hydrogen (secondary N) is 1. The third-order valence-corrected chi connectivity index (χ3v) is 4.68. The molecule has 1 aromatic rings. The number of nitrogens with zero attached hydrogens (tertiary/aromatic N) is 3. The molecular weight excluding hydrogens is 288 g/mol. The normalized spacial score (nSPS) is 18.0. The SMILES string of the molecule is CCNC(=NCc1cc(C(CC)CC)no1)N1CCC(C)(C)C1. The highest BCUT2D eigenvalue weighted by molar-refractivity contribution is 5.80. The quantitative estimate of drug-likeness (QED) is 0.640. The maximum absolute atomic E-state index is 5.48. The van der Waals surface area contributed by atoms with E-state index in [0.717, 1.165) is 49.9 Å². The Hall–Kier alpha value is -1.52. The highest BCUT2D eigenvalue weighted by Crippen LogP contribution is 2.28. The van der Waals surface area contributed by atoms with Crippen molar-refractivity contribution in [2.75, 3.05) is 19.6 Å². The summed E-state index contributed by atoms with van der Waals surface area (Å²) >= 11 is 0. The number of aromatic nitrogens is 1. The van der Waals surface area contributed by atoms with Gasteiger partial charge in [-0.3, -0.25) is 0 Å². The zero-order valence-electron chi connectivity index (χ0n) is 15.4. The molecule has 0 amide bonds. The fourth-order valence-corrected chi connectivity index (χ4v) is 3.17. The van der Waals surface area contributed by atoms with Gasteiger partial charge in [0, 0.05) is 31.6 Å². The minimum Gasteiger partial charge on any atom is -0.359 e. The smallest absolute Gasteiger partial charge is 0.194 e. The fourth-order valence-electron chi connectivity index (χ4n) is 3.17. The van der Waals surface area contributed by atoms with Crippen LogP contribution in [0.25, 0.3) is 0 Å². The van der Waals surface area contributed by atoms with Crippen LogP contribution >= 0.6 is 0 Å². The third-order valence-electron chi connectivity index (χ3n) is 4.68. The second kappa shape index (κ2) is 7.84. The van der Waals surface area contributed by atoms with Crippen LogP contribution in [0.15, 0.2) is 15.6 Å². The lowest BCUT2D eigenvalue weighted by Crippen LogP contribution is -2.40. The molecule has 5 heteroatoms. The molecule has 0 unspecified atom stereocenters. The summed E-state index contributed by atoms with van der Waals surface area (Å²) in [6.07, 6.45) is 3.40. The molecule has 1 N–H and O–H groups in total. The van der Waals surface area contributed by atoms with Gasteiger partial charge in [-0.1, -0.05) is 32.9 Å². The van der Waals surface area contributed by atoms with Crippen LogP contribution in [-0.2, 0) is 6.54 Å². The largest absolute Gasteiger partial charge is 0.359 e. The molecule has 1 aliphatic heterocycles. The van der Waals surface area contributed by atoms with Gasteiger partial charge in [-0.25, -0.2) is 4.99 Å². The van der Waals surface area contributed by atoms with E-state index >= 15 is 0 Å². The van der Waals surface area contributed by atoms with E-state index < -0.39 is 0 Å². The summed E-state index contributed by atoms with van der Waals surface area (Å²) in [7, 11) is 0. The number of rotatable bonds is 6. The lowest BCUT2D eigenvalue weighted by atomic mass is 9.93. The molecule has 1 fully saturated rings. The van der Waals surface area contributed by atoms with Crippen LogP contribution in [0.3, 0.4) is 0 Å². The highest BCUT2D eigenvalue weighted by atomic mass is 16.5. The Morgan fingerprint density at radius 2 is 2.13 bits per heavy atom. The van der Waals surface area contributed by atoms with E-state index in [1.165, 1.54) is 6.42 Å². The van der Waals surface area contributed by atoms with Gasteiger partial charge in [0.1, 0.15) is 6.54 Å². The van der Waals surface area contributed by atoms with E-state index in [9.17, 15) is 0 Å². The molecule has 0 aromatic carbocycles. The summed E-state index contributed by atoms with van der Waals surface area (Å²) in [4.78, 5) is 7.10. The maximum atomic E-state index is 5.48. The Morgan fingerprint density at radius 3 is 2.70 bits per heavy atom. The van der Waals surface area contributed by atoms with Crippen LogP contribution in [0.5, 0.6) is 0 Å². The molecule has 0 bridgehead atoms. The zero-order chi connectivity index (χ0) is 16.9. The molecule has 1 aliphatic rings. The van der Waals surface area contributed by atoms with Gasteiger partial charge in [0.25, 0.3) is 0 Å². The average molecular weight is 320 g/mol. The van der Waals surface area contributed by atoms with Gasteiger partial charge in [0.05, 0.1) is 5.69 Å². The van der Waals surface area contributed by atoms with Gasteiger partial charge < -0.3 is 14.7 Å². The second-order valence-corrected chi connectivity index (χ2v) is 7.24. The lowest BCUT2D eigenvalue weighted by Gasteiger charge is -2.23. The molecule has 0 aliphatic carbocycles. The Balaban J connectivity index is 2.03. The van der Waals surface area contributed by atoms with Crippen LogP contribution in [0.4, 0.5) is 0 Å². The van der Waals surface area contributed by atoms with Crippen molar-refractivity contribution in [1.29, 1.82) is 0 Å². The van der Waals surface area contributed by atoms with E-state index in [0.29, 0.717) is 17.9 Å². The molecule has 0 radical (unpaired) electrons. The first kappa shape index (κ1) is 17.8. The van der Waals surface area contributed by atoms with Crippen LogP contribution in [-0.4, -0.2) is 35.7 Å². The Morgan fingerprint density at radius 1 is 1.39 bits per heavy atom. The van der Waals surface area contributed by atoms with Crippen molar-refractivity contribution in [3.63, 3.8) is 0 Å². The van der Waals surface area contributed by atoms with Gasteiger partial charge in [-0.2, -0.15) is 0 Å². The molecule has 0 saturated carbocycles.